The number of benzene rings is 2. The lowest BCUT2D eigenvalue weighted by atomic mass is 10.2. The van der Waals surface area contributed by atoms with Crippen molar-refractivity contribution in [3.63, 3.8) is 0 Å². The molecule has 3 N–H and O–H groups in total. The molecule has 0 spiro atoms. The number of methoxy groups -OCH3 is 1. The van der Waals surface area contributed by atoms with E-state index in [0.717, 1.165) is 22.4 Å². The standard InChI is InChI=1S/C15H15N3O/c1-9-3-6-12-13(7-9)18-15(17-12)10-4-5-11(16)14(8-10)19-2/h3-8H,16H2,1-2H3,(H,17,18). The van der Waals surface area contributed by atoms with Crippen molar-refractivity contribution in [3.05, 3.63) is 42.0 Å². The molecule has 2 aromatic carbocycles. The van der Waals surface area contributed by atoms with E-state index in [2.05, 4.69) is 29.0 Å². The summed E-state index contributed by atoms with van der Waals surface area (Å²) >= 11 is 0. The van der Waals surface area contributed by atoms with Crippen LogP contribution in [0.25, 0.3) is 22.4 Å². The Labute approximate surface area is 111 Å². The van der Waals surface area contributed by atoms with Gasteiger partial charge in [-0.2, -0.15) is 0 Å². The maximum absolute atomic E-state index is 5.82. The summed E-state index contributed by atoms with van der Waals surface area (Å²) in [6, 6.07) is 11.8. The normalized spacial score (nSPS) is 10.8. The van der Waals surface area contributed by atoms with Crippen molar-refractivity contribution in [2.24, 2.45) is 0 Å². The molecule has 0 aliphatic heterocycles. The molecule has 0 saturated carbocycles. The Morgan fingerprint density at radius 3 is 2.79 bits per heavy atom. The van der Waals surface area contributed by atoms with E-state index in [-0.39, 0.29) is 0 Å². The minimum atomic E-state index is 0.623. The van der Waals surface area contributed by atoms with Crippen LogP contribution in [0.4, 0.5) is 5.69 Å². The third-order valence-electron chi connectivity index (χ3n) is 3.14. The van der Waals surface area contributed by atoms with Crippen LogP contribution in [0.2, 0.25) is 0 Å². The lowest BCUT2D eigenvalue weighted by Gasteiger charge is -2.05. The van der Waals surface area contributed by atoms with Gasteiger partial charge in [-0.25, -0.2) is 4.98 Å². The zero-order valence-electron chi connectivity index (χ0n) is 10.9. The SMILES string of the molecule is COc1cc(-c2nc3ccc(C)cc3[nH]2)ccc1N. The van der Waals surface area contributed by atoms with Gasteiger partial charge < -0.3 is 15.5 Å². The van der Waals surface area contributed by atoms with Gasteiger partial charge in [0.05, 0.1) is 23.8 Å². The molecule has 1 heterocycles. The van der Waals surface area contributed by atoms with E-state index in [1.54, 1.807) is 7.11 Å². The number of nitrogens with zero attached hydrogens (tertiary/aromatic N) is 1. The molecule has 0 aliphatic carbocycles. The van der Waals surface area contributed by atoms with Crippen LogP contribution >= 0.6 is 0 Å². The lowest BCUT2D eigenvalue weighted by molar-refractivity contribution is 0.417. The molecule has 96 valence electrons. The van der Waals surface area contributed by atoms with Crippen LogP contribution in [-0.4, -0.2) is 17.1 Å². The molecule has 0 radical (unpaired) electrons. The number of anilines is 1. The molecule has 0 saturated heterocycles. The van der Waals surface area contributed by atoms with Crippen LogP contribution in [0.1, 0.15) is 5.56 Å². The van der Waals surface area contributed by atoms with Crippen LogP contribution in [0.3, 0.4) is 0 Å². The summed E-state index contributed by atoms with van der Waals surface area (Å²) in [5, 5.41) is 0. The van der Waals surface area contributed by atoms with E-state index in [0.29, 0.717) is 11.4 Å². The number of aryl methyl sites for hydroxylation is 1. The van der Waals surface area contributed by atoms with Crippen molar-refractivity contribution in [3.8, 4) is 17.1 Å². The highest BCUT2D eigenvalue weighted by Gasteiger charge is 2.08. The number of fused-ring (bicyclic) bond motifs is 1. The number of aromatic nitrogens is 2. The number of hydrogen-bond donors (Lipinski definition) is 2. The van der Waals surface area contributed by atoms with Gasteiger partial charge in [0.15, 0.2) is 0 Å². The van der Waals surface area contributed by atoms with E-state index in [1.165, 1.54) is 5.56 Å². The van der Waals surface area contributed by atoms with E-state index >= 15 is 0 Å². The molecule has 4 heteroatoms. The molecule has 0 aliphatic rings. The van der Waals surface area contributed by atoms with Crippen molar-refractivity contribution in [1.82, 2.24) is 9.97 Å². The highest BCUT2D eigenvalue weighted by molar-refractivity contribution is 5.80. The number of aromatic amines is 1. The summed E-state index contributed by atoms with van der Waals surface area (Å²) in [6.07, 6.45) is 0. The molecule has 0 atom stereocenters. The minimum absolute atomic E-state index is 0.623. The topological polar surface area (TPSA) is 63.9 Å². The predicted octanol–water partition coefficient (Wildman–Crippen LogP) is 3.13. The molecular weight excluding hydrogens is 238 g/mol. The Kier molecular flexibility index (Phi) is 2.63. The first-order valence-electron chi connectivity index (χ1n) is 6.07. The smallest absolute Gasteiger partial charge is 0.142 e. The second-order valence-electron chi connectivity index (χ2n) is 4.56. The molecule has 19 heavy (non-hydrogen) atoms. The van der Waals surface area contributed by atoms with Crippen molar-refractivity contribution < 1.29 is 4.74 Å². The fourth-order valence-electron chi connectivity index (χ4n) is 2.12. The van der Waals surface area contributed by atoms with Gasteiger partial charge in [0.25, 0.3) is 0 Å². The van der Waals surface area contributed by atoms with Crippen molar-refractivity contribution in [1.29, 1.82) is 0 Å². The van der Waals surface area contributed by atoms with Crippen LogP contribution in [0.15, 0.2) is 36.4 Å². The molecule has 0 amide bonds. The van der Waals surface area contributed by atoms with Gasteiger partial charge in [0.2, 0.25) is 0 Å². The van der Waals surface area contributed by atoms with Gasteiger partial charge in [-0.15, -0.1) is 0 Å². The maximum atomic E-state index is 5.82. The second-order valence-corrected chi connectivity index (χ2v) is 4.56. The Balaban J connectivity index is 2.13. The Morgan fingerprint density at radius 1 is 1.16 bits per heavy atom. The zero-order chi connectivity index (χ0) is 13.4. The van der Waals surface area contributed by atoms with E-state index in [1.807, 2.05) is 24.3 Å². The van der Waals surface area contributed by atoms with E-state index in [9.17, 15) is 0 Å². The molecular formula is C15H15N3O. The first-order chi connectivity index (χ1) is 9.17. The van der Waals surface area contributed by atoms with Gasteiger partial charge in [-0.1, -0.05) is 6.07 Å². The summed E-state index contributed by atoms with van der Waals surface area (Å²) in [7, 11) is 1.61. The van der Waals surface area contributed by atoms with Gasteiger partial charge in [-0.3, -0.25) is 0 Å². The summed E-state index contributed by atoms with van der Waals surface area (Å²) in [4.78, 5) is 7.89. The molecule has 0 unspecified atom stereocenters. The van der Waals surface area contributed by atoms with E-state index in [4.69, 9.17) is 10.5 Å². The second kappa shape index (κ2) is 4.31. The molecule has 1 aromatic heterocycles. The number of nitrogen functional groups attached to an aromatic ring is 1. The maximum Gasteiger partial charge on any atom is 0.142 e. The zero-order valence-corrected chi connectivity index (χ0v) is 10.9. The largest absolute Gasteiger partial charge is 0.495 e. The molecule has 4 nitrogen and oxygen atoms in total. The molecule has 0 bridgehead atoms. The average Bonchev–Trinajstić information content (AvgIpc) is 2.82. The minimum Gasteiger partial charge on any atom is -0.495 e. The molecule has 0 fully saturated rings. The number of nitrogens with one attached hydrogen (secondary N) is 1. The highest BCUT2D eigenvalue weighted by atomic mass is 16.5. The monoisotopic (exact) mass is 253 g/mol. The fraction of sp³-hybridized carbons (Fsp3) is 0.133. The van der Waals surface area contributed by atoms with Crippen LogP contribution < -0.4 is 10.5 Å². The quantitative estimate of drug-likeness (QED) is 0.690. The third-order valence-corrected chi connectivity index (χ3v) is 3.14. The van der Waals surface area contributed by atoms with Crippen LogP contribution in [-0.2, 0) is 0 Å². The van der Waals surface area contributed by atoms with Gasteiger partial charge >= 0.3 is 0 Å². The molecule has 3 rings (SSSR count). The number of rotatable bonds is 2. The summed E-state index contributed by atoms with van der Waals surface area (Å²) in [5.41, 5.74) is 10.6. The summed E-state index contributed by atoms with van der Waals surface area (Å²) in [6.45, 7) is 2.06. The average molecular weight is 253 g/mol. The number of H-pyrrole nitrogens is 1. The number of hydrogen-bond acceptors (Lipinski definition) is 3. The Hall–Kier alpha value is -2.49. The lowest BCUT2D eigenvalue weighted by Crippen LogP contribution is -1.92. The fourth-order valence-corrected chi connectivity index (χ4v) is 2.12. The first-order valence-corrected chi connectivity index (χ1v) is 6.07. The number of imidazole rings is 1. The van der Waals surface area contributed by atoms with Crippen LogP contribution in [0, 0.1) is 6.92 Å². The number of ether oxygens (including phenoxy) is 1. The highest BCUT2D eigenvalue weighted by Crippen LogP contribution is 2.28. The Morgan fingerprint density at radius 2 is 2.00 bits per heavy atom. The Bertz CT molecular complexity index is 746. The van der Waals surface area contributed by atoms with E-state index < -0.39 is 0 Å². The number of nitrogens with two attached hydrogens (primary N) is 1. The van der Waals surface area contributed by atoms with Crippen LogP contribution in [0.5, 0.6) is 5.75 Å². The van der Waals surface area contributed by atoms with Crippen molar-refractivity contribution in [2.45, 2.75) is 6.92 Å². The first kappa shape index (κ1) is 11.6. The summed E-state index contributed by atoms with van der Waals surface area (Å²) < 4.78 is 5.23. The van der Waals surface area contributed by atoms with Crippen molar-refractivity contribution >= 4 is 16.7 Å². The molecule has 3 aromatic rings. The predicted molar refractivity (Wildman–Crippen MR) is 77.2 cm³/mol. The third kappa shape index (κ3) is 2.01. The summed E-state index contributed by atoms with van der Waals surface area (Å²) in [5.74, 6) is 1.48. The van der Waals surface area contributed by atoms with Gasteiger partial charge in [0.1, 0.15) is 11.6 Å². The van der Waals surface area contributed by atoms with Gasteiger partial charge in [0, 0.05) is 5.56 Å². The van der Waals surface area contributed by atoms with Gasteiger partial charge in [-0.05, 0) is 42.8 Å². The van der Waals surface area contributed by atoms with Crippen molar-refractivity contribution in [2.75, 3.05) is 12.8 Å².